The van der Waals surface area contributed by atoms with Crippen molar-refractivity contribution in [2.24, 2.45) is 0 Å². The molecule has 1 heterocycles. The number of benzene rings is 2. The minimum absolute atomic E-state index is 0.143. The number of carbonyl (C=O) groups is 1. The fraction of sp³-hybridized carbons (Fsp3) is 0.350. The van der Waals surface area contributed by atoms with Gasteiger partial charge in [0.15, 0.2) is 0 Å². The average Bonchev–Trinajstić information content (AvgIpc) is 2.63. The second kappa shape index (κ2) is 8.23. The third-order valence-electron chi connectivity index (χ3n) is 4.61. The lowest BCUT2D eigenvalue weighted by Gasteiger charge is -2.35. The Labute approximate surface area is 147 Å². The Balaban J connectivity index is 1.46. The Morgan fingerprint density at radius 1 is 1.00 bits per heavy atom. The molecule has 25 heavy (non-hydrogen) atoms. The van der Waals surface area contributed by atoms with Gasteiger partial charge in [-0.3, -0.25) is 9.69 Å². The maximum Gasteiger partial charge on any atom is 0.227 e. The van der Waals surface area contributed by atoms with Gasteiger partial charge >= 0.3 is 0 Å². The van der Waals surface area contributed by atoms with Crippen LogP contribution in [0.5, 0.6) is 0 Å². The van der Waals surface area contributed by atoms with Crippen LogP contribution in [0.1, 0.15) is 17.2 Å². The molecule has 0 aromatic heterocycles. The number of halogens is 1. The lowest BCUT2D eigenvalue weighted by atomic mass is 10.1. The molecule has 0 spiro atoms. The molecule has 1 N–H and O–H groups in total. The molecule has 1 aliphatic rings. The predicted molar refractivity (Wildman–Crippen MR) is 94.5 cm³/mol. The number of amides is 1. The summed E-state index contributed by atoms with van der Waals surface area (Å²) in [5.41, 5.74) is 1.74. The first kappa shape index (κ1) is 17.6. The van der Waals surface area contributed by atoms with E-state index >= 15 is 0 Å². The lowest BCUT2D eigenvalue weighted by Crippen LogP contribution is -2.50. The molecule has 1 aliphatic heterocycles. The zero-order chi connectivity index (χ0) is 17.6. The van der Waals surface area contributed by atoms with Crippen molar-refractivity contribution in [1.82, 2.24) is 9.80 Å². The van der Waals surface area contributed by atoms with Gasteiger partial charge in [0.1, 0.15) is 5.82 Å². The molecule has 5 heteroatoms. The van der Waals surface area contributed by atoms with E-state index in [1.807, 2.05) is 35.2 Å². The van der Waals surface area contributed by atoms with Crippen LogP contribution >= 0.6 is 0 Å². The molecule has 3 rings (SSSR count). The van der Waals surface area contributed by atoms with Crippen LogP contribution < -0.4 is 0 Å². The molecule has 0 radical (unpaired) electrons. The summed E-state index contributed by atoms with van der Waals surface area (Å²) in [6, 6.07) is 15.7. The second-order valence-electron chi connectivity index (χ2n) is 6.41. The zero-order valence-corrected chi connectivity index (χ0v) is 14.1. The van der Waals surface area contributed by atoms with Gasteiger partial charge in [0.05, 0.1) is 12.5 Å². The molecule has 2 aromatic carbocycles. The van der Waals surface area contributed by atoms with Crippen LogP contribution in [-0.2, 0) is 11.2 Å². The molecular weight excluding hydrogens is 319 g/mol. The minimum atomic E-state index is -0.646. The third-order valence-corrected chi connectivity index (χ3v) is 4.61. The first-order valence-corrected chi connectivity index (χ1v) is 8.59. The van der Waals surface area contributed by atoms with E-state index in [1.165, 1.54) is 12.1 Å². The molecular formula is C20H23FN2O2. The quantitative estimate of drug-likeness (QED) is 0.906. The van der Waals surface area contributed by atoms with E-state index in [0.717, 1.165) is 18.7 Å². The van der Waals surface area contributed by atoms with Crippen molar-refractivity contribution in [2.45, 2.75) is 12.5 Å². The monoisotopic (exact) mass is 342 g/mol. The maximum atomic E-state index is 13.0. The number of β-amino-alcohol motifs (C(OH)–C–C–N with tert-alkyl or cyclic N) is 1. The first-order chi connectivity index (χ1) is 12.1. The number of carbonyl (C=O) groups excluding carboxylic acids is 1. The van der Waals surface area contributed by atoms with Gasteiger partial charge in [-0.1, -0.05) is 42.5 Å². The highest BCUT2D eigenvalue weighted by Gasteiger charge is 2.23. The number of aliphatic hydroxyl groups is 1. The third kappa shape index (κ3) is 4.87. The van der Waals surface area contributed by atoms with Gasteiger partial charge in [-0.2, -0.15) is 0 Å². The Hall–Kier alpha value is -2.24. The Kier molecular flexibility index (Phi) is 5.79. The summed E-state index contributed by atoms with van der Waals surface area (Å²) in [4.78, 5) is 16.4. The topological polar surface area (TPSA) is 43.8 Å². The van der Waals surface area contributed by atoms with E-state index in [0.29, 0.717) is 31.6 Å². The highest BCUT2D eigenvalue weighted by molar-refractivity contribution is 5.78. The van der Waals surface area contributed by atoms with Crippen molar-refractivity contribution in [3.63, 3.8) is 0 Å². The van der Waals surface area contributed by atoms with Gasteiger partial charge in [0.25, 0.3) is 0 Å². The van der Waals surface area contributed by atoms with Gasteiger partial charge in [0, 0.05) is 32.7 Å². The smallest absolute Gasteiger partial charge is 0.227 e. The summed E-state index contributed by atoms with van der Waals surface area (Å²) in [6.45, 7) is 3.30. The van der Waals surface area contributed by atoms with E-state index in [1.54, 1.807) is 12.1 Å². The number of piperazine rings is 1. The van der Waals surface area contributed by atoms with E-state index in [-0.39, 0.29) is 11.7 Å². The van der Waals surface area contributed by atoms with Crippen LogP contribution in [0.25, 0.3) is 0 Å². The molecule has 0 unspecified atom stereocenters. The molecule has 1 atom stereocenters. The van der Waals surface area contributed by atoms with Crippen molar-refractivity contribution in [3.8, 4) is 0 Å². The fourth-order valence-corrected chi connectivity index (χ4v) is 3.10. The molecule has 132 valence electrons. The van der Waals surface area contributed by atoms with E-state index in [2.05, 4.69) is 4.90 Å². The van der Waals surface area contributed by atoms with Crippen LogP contribution in [0.2, 0.25) is 0 Å². The largest absolute Gasteiger partial charge is 0.387 e. The Bertz CT molecular complexity index is 683. The van der Waals surface area contributed by atoms with Crippen molar-refractivity contribution in [3.05, 3.63) is 71.5 Å². The number of hydrogen-bond acceptors (Lipinski definition) is 3. The summed E-state index contributed by atoms with van der Waals surface area (Å²) in [5, 5.41) is 10.3. The molecule has 1 fully saturated rings. The molecule has 1 saturated heterocycles. The Morgan fingerprint density at radius 2 is 1.64 bits per heavy atom. The van der Waals surface area contributed by atoms with E-state index < -0.39 is 6.10 Å². The number of nitrogens with zero attached hydrogens (tertiary/aromatic N) is 2. The van der Waals surface area contributed by atoms with E-state index in [9.17, 15) is 14.3 Å². The van der Waals surface area contributed by atoms with Gasteiger partial charge in [-0.05, 0) is 23.3 Å². The number of hydrogen-bond donors (Lipinski definition) is 1. The first-order valence-electron chi connectivity index (χ1n) is 8.59. The summed E-state index contributed by atoms with van der Waals surface area (Å²) in [5.74, 6) is -0.161. The minimum Gasteiger partial charge on any atom is -0.387 e. The Morgan fingerprint density at radius 3 is 2.28 bits per heavy atom. The van der Waals surface area contributed by atoms with Crippen LogP contribution in [0.15, 0.2) is 54.6 Å². The summed E-state index contributed by atoms with van der Waals surface area (Å²) < 4.78 is 13.0. The fourth-order valence-electron chi connectivity index (χ4n) is 3.10. The summed E-state index contributed by atoms with van der Waals surface area (Å²) >= 11 is 0. The van der Waals surface area contributed by atoms with Gasteiger partial charge in [-0.25, -0.2) is 4.39 Å². The maximum absolute atomic E-state index is 13.0. The van der Waals surface area contributed by atoms with Crippen molar-refractivity contribution in [1.29, 1.82) is 0 Å². The highest BCUT2D eigenvalue weighted by Crippen LogP contribution is 2.16. The highest BCUT2D eigenvalue weighted by atomic mass is 19.1. The molecule has 2 aromatic rings. The van der Waals surface area contributed by atoms with Gasteiger partial charge in [-0.15, -0.1) is 0 Å². The van der Waals surface area contributed by atoms with Gasteiger partial charge in [0.2, 0.25) is 5.91 Å². The molecule has 0 aliphatic carbocycles. The molecule has 0 bridgehead atoms. The van der Waals surface area contributed by atoms with Crippen LogP contribution in [0, 0.1) is 5.82 Å². The molecule has 1 amide bonds. The standard InChI is InChI=1S/C20H23FN2O2/c21-18-8-6-17(7-9-18)19(24)15-22-10-12-23(13-11-22)20(25)14-16-4-2-1-3-5-16/h1-9,19,24H,10-15H2/t19-/m1/s1. The SMILES string of the molecule is O=C(Cc1ccccc1)N1CCN(C[C@@H](O)c2ccc(F)cc2)CC1. The average molecular weight is 342 g/mol. The zero-order valence-electron chi connectivity index (χ0n) is 14.1. The van der Waals surface area contributed by atoms with Crippen LogP contribution in [-0.4, -0.2) is 53.5 Å². The molecule has 4 nitrogen and oxygen atoms in total. The van der Waals surface area contributed by atoms with Crippen LogP contribution in [0.3, 0.4) is 0 Å². The summed E-state index contributed by atoms with van der Waals surface area (Å²) in [7, 11) is 0. The number of rotatable bonds is 5. The summed E-state index contributed by atoms with van der Waals surface area (Å²) in [6.07, 6.45) is -0.217. The second-order valence-corrected chi connectivity index (χ2v) is 6.41. The van der Waals surface area contributed by atoms with Crippen molar-refractivity contribution >= 4 is 5.91 Å². The van der Waals surface area contributed by atoms with Crippen LogP contribution in [0.4, 0.5) is 4.39 Å². The molecule has 0 saturated carbocycles. The van der Waals surface area contributed by atoms with Gasteiger partial charge < -0.3 is 10.0 Å². The van der Waals surface area contributed by atoms with Crippen molar-refractivity contribution < 1.29 is 14.3 Å². The van der Waals surface area contributed by atoms with Crippen molar-refractivity contribution in [2.75, 3.05) is 32.7 Å². The normalized spacial score (nSPS) is 16.6. The van der Waals surface area contributed by atoms with E-state index in [4.69, 9.17) is 0 Å². The predicted octanol–water partition coefficient (Wildman–Crippen LogP) is 2.25. The lowest BCUT2D eigenvalue weighted by molar-refractivity contribution is -0.132. The number of aliphatic hydroxyl groups excluding tert-OH is 1.